The van der Waals surface area contributed by atoms with Crippen molar-refractivity contribution in [1.29, 1.82) is 0 Å². The van der Waals surface area contributed by atoms with Crippen LogP contribution >= 0.6 is 7.82 Å². The number of nitrogens with two attached hydrogens (primary N) is 1. The molecule has 0 aliphatic carbocycles. The number of phenols is 1. The predicted octanol–water partition coefficient (Wildman–Crippen LogP) is 1.60. The fourth-order valence-electron chi connectivity index (χ4n) is 1.60. The monoisotopic (exact) mass is 255 g/mol. The van der Waals surface area contributed by atoms with Gasteiger partial charge in [-0.25, -0.2) is 4.57 Å². The van der Waals surface area contributed by atoms with Crippen molar-refractivity contribution in [3.63, 3.8) is 0 Å². The van der Waals surface area contributed by atoms with E-state index in [0.717, 1.165) is 0 Å². The summed E-state index contributed by atoms with van der Waals surface area (Å²) >= 11 is 0. The van der Waals surface area contributed by atoms with Crippen molar-refractivity contribution in [1.82, 2.24) is 0 Å². The van der Waals surface area contributed by atoms with E-state index >= 15 is 0 Å². The van der Waals surface area contributed by atoms with Crippen molar-refractivity contribution in [2.75, 3.05) is 5.73 Å². The molecule has 0 unspecified atom stereocenters. The molecule has 0 spiro atoms. The van der Waals surface area contributed by atoms with Gasteiger partial charge in [0.25, 0.3) is 0 Å². The van der Waals surface area contributed by atoms with Gasteiger partial charge in [-0.15, -0.1) is 0 Å². The molecule has 0 fully saturated rings. The van der Waals surface area contributed by atoms with Gasteiger partial charge in [0, 0.05) is 11.1 Å². The fourth-order valence-corrected chi connectivity index (χ4v) is 2.01. The number of anilines is 1. The van der Waals surface area contributed by atoms with E-state index in [9.17, 15) is 9.67 Å². The number of phosphoric acid groups is 1. The van der Waals surface area contributed by atoms with Crippen LogP contribution in [0.15, 0.2) is 30.3 Å². The Morgan fingerprint density at radius 3 is 2.53 bits per heavy atom. The highest BCUT2D eigenvalue weighted by Crippen LogP contribution is 2.43. The summed E-state index contributed by atoms with van der Waals surface area (Å²) in [6.07, 6.45) is 0. The maximum Gasteiger partial charge on any atom is 0.524 e. The van der Waals surface area contributed by atoms with E-state index in [1.807, 2.05) is 0 Å². The average molecular weight is 255 g/mol. The van der Waals surface area contributed by atoms with Crippen LogP contribution in [0.5, 0.6) is 11.5 Å². The van der Waals surface area contributed by atoms with E-state index in [-0.39, 0.29) is 11.5 Å². The molecule has 2 rings (SSSR count). The maximum absolute atomic E-state index is 10.8. The number of rotatable bonds is 2. The van der Waals surface area contributed by atoms with E-state index in [1.165, 1.54) is 24.3 Å². The average Bonchev–Trinajstić information content (AvgIpc) is 2.20. The predicted molar refractivity (Wildman–Crippen MR) is 62.7 cm³/mol. The van der Waals surface area contributed by atoms with Crippen LogP contribution in [0.4, 0.5) is 5.69 Å². The van der Waals surface area contributed by atoms with Crippen molar-refractivity contribution >= 4 is 24.3 Å². The smallest absolute Gasteiger partial charge is 0.507 e. The zero-order chi connectivity index (χ0) is 12.6. The van der Waals surface area contributed by atoms with E-state index in [1.54, 1.807) is 6.07 Å². The molecule has 17 heavy (non-hydrogen) atoms. The minimum Gasteiger partial charge on any atom is -0.507 e. The standard InChI is InChI=1S/C10H10NO5P/c11-7-4-5-9(16-17(13,14)15)6-2-1-3-8(12)10(6)7/h1-5,12H,11H2,(H2,13,14,15). The van der Waals surface area contributed by atoms with Gasteiger partial charge in [-0.3, -0.25) is 9.79 Å². The molecule has 0 radical (unpaired) electrons. The minimum absolute atomic E-state index is 0.0292. The molecule has 6 nitrogen and oxygen atoms in total. The van der Waals surface area contributed by atoms with Gasteiger partial charge >= 0.3 is 7.82 Å². The van der Waals surface area contributed by atoms with Gasteiger partial charge in [0.05, 0.1) is 5.39 Å². The number of fused-ring (bicyclic) bond motifs is 1. The maximum atomic E-state index is 10.8. The van der Waals surface area contributed by atoms with E-state index < -0.39 is 7.82 Å². The summed E-state index contributed by atoms with van der Waals surface area (Å²) in [5, 5.41) is 10.3. The molecule has 7 heteroatoms. The summed E-state index contributed by atoms with van der Waals surface area (Å²) in [5.74, 6) is -0.102. The molecule has 5 N–H and O–H groups in total. The number of phenolic OH excluding ortho intramolecular Hbond substituents is 1. The Kier molecular flexibility index (Phi) is 2.71. The SMILES string of the molecule is Nc1ccc(OP(=O)(O)O)c2cccc(O)c12. The van der Waals surface area contributed by atoms with Gasteiger partial charge in [0.2, 0.25) is 0 Å². The largest absolute Gasteiger partial charge is 0.524 e. The lowest BCUT2D eigenvalue weighted by atomic mass is 10.1. The Morgan fingerprint density at radius 2 is 1.88 bits per heavy atom. The molecule has 2 aromatic carbocycles. The summed E-state index contributed by atoms with van der Waals surface area (Å²) in [6.45, 7) is 0. The number of phosphoric ester groups is 1. The molecule has 2 aromatic rings. The van der Waals surface area contributed by atoms with Crippen LogP contribution in [-0.4, -0.2) is 14.9 Å². The summed E-state index contributed by atoms with van der Waals surface area (Å²) in [7, 11) is -4.64. The third kappa shape index (κ3) is 2.34. The zero-order valence-corrected chi connectivity index (χ0v) is 9.46. The van der Waals surface area contributed by atoms with Crippen molar-refractivity contribution in [3.05, 3.63) is 30.3 Å². The number of nitrogen functional groups attached to an aromatic ring is 1. The molecule has 0 aliphatic heterocycles. The first-order valence-corrected chi connectivity index (χ1v) is 6.17. The molecule has 0 aromatic heterocycles. The molecular weight excluding hydrogens is 245 g/mol. The quantitative estimate of drug-likeness (QED) is 0.479. The van der Waals surface area contributed by atoms with E-state index in [0.29, 0.717) is 16.5 Å². The number of benzene rings is 2. The van der Waals surface area contributed by atoms with Crippen LogP contribution in [0.3, 0.4) is 0 Å². The molecule has 0 atom stereocenters. The summed E-state index contributed by atoms with van der Waals surface area (Å²) in [4.78, 5) is 17.5. The Morgan fingerprint density at radius 1 is 1.18 bits per heavy atom. The molecular formula is C10H10NO5P. The fraction of sp³-hybridized carbons (Fsp3) is 0. The zero-order valence-electron chi connectivity index (χ0n) is 8.57. The number of hydrogen-bond donors (Lipinski definition) is 4. The van der Waals surface area contributed by atoms with Crippen molar-refractivity contribution < 1.29 is 24.0 Å². The Balaban J connectivity index is 2.71. The normalized spacial score (nSPS) is 11.6. The van der Waals surface area contributed by atoms with Gasteiger partial charge < -0.3 is 15.4 Å². The first-order valence-electron chi connectivity index (χ1n) is 4.64. The number of hydrogen-bond acceptors (Lipinski definition) is 4. The summed E-state index contributed by atoms with van der Waals surface area (Å²) in [5.41, 5.74) is 5.98. The topological polar surface area (TPSA) is 113 Å². The first-order chi connectivity index (χ1) is 7.88. The van der Waals surface area contributed by atoms with Gasteiger partial charge in [-0.2, -0.15) is 0 Å². The Hall–Kier alpha value is -1.75. The molecule has 0 bridgehead atoms. The van der Waals surface area contributed by atoms with Gasteiger partial charge in [0.15, 0.2) is 0 Å². The van der Waals surface area contributed by atoms with Crippen molar-refractivity contribution in [3.8, 4) is 11.5 Å². The van der Waals surface area contributed by atoms with Crippen LogP contribution in [0.1, 0.15) is 0 Å². The lowest BCUT2D eigenvalue weighted by Gasteiger charge is -2.11. The summed E-state index contributed by atoms with van der Waals surface area (Å²) < 4.78 is 15.3. The van der Waals surface area contributed by atoms with Gasteiger partial charge in [0.1, 0.15) is 11.5 Å². The lowest BCUT2D eigenvalue weighted by molar-refractivity contribution is 0.284. The number of aromatic hydroxyl groups is 1. The van der Waals surface area contributed by atoms with Crippen LogP contribution < -0.4 is 10.3 Å². The van der Waals surface area contributed by atoms with Crippen LogP contribution in [-0.2, 0) is 4.57 Å². The van der Waals surface area contributed by atoms with Crippen LogP contribution in [0, 0.1) is 0 Å². The van der Waals surface area contributed by atoms with E-state index in [2.05, 4.69) is 4.52 Å². The lowest BCUT2D eigenvalue weighted by Crippen LogP contribution is -1.93. The van der Waals surface area contributed by atoms with E-state index in [4.69, 9.17) is 15.5 Å². The highest BCUT2D eigenvalue weighted by Gasteiger charge is 2.18. The molecule has 0 saturated heterocycles. The molecule has 90 valence electrons. The molecule has 0 amide bonds. The third-order valence-corrected chi connectivity index (χ3v) is 2.66. The minimum atomic E-state index is -4.64. The van der Waals surface area contributed by atoms with Crippen LogP contribution in [0.2, 0.25) is 0 Å². The molecule has 0 saturated carbocycles. The van der Waals surface area contributed by atoms with Crippen molar-refractivity contribution in [2.45, 2.75) is 0 Å². The second kappa shape index (κ2) is 3.92. The highest BCUT2D eigenvalue weighted by molar-refractivity contribution is 7.46. The molecule has 0 heterocycles. The van der Waals surface area contributed by atoms with Gasteiger partial charge in [-0.1, -0.05) is 12.1 Å². The van der Waals surface area contributed by atoms with Crippen LogP contribution in [0.25, 0.3) is 10.8 Å². The Labute approximate surface area is 96.5 Å². The first kappa shape index (κ1) is 11.7. The van der Waals surface area contributed by atoms with Gasteiger partial charge in [-0.05, 0) is 18.2 Å². The highest BCUT2D eigenvalue weighted by atomic mass is 31.2. The second-order valence-electron chi connectivity index (χ2n) is 3.43. The summed E-state index contributed by atoms with van der Waals surface area (Å²) in [6, 6.07) is 7.27. The molecule has 0 aliphatic rings. The third-order valence-electron chi connectivity index (χ3n) is 2.23. The second-order valence-corrected chi connectivity index (χ2v) is 4.60. The Bertz CT molecular complexity index is 613. The van der Waals surface area contributed by atoms with Crippen molar-refractivity contribution in [2.24, 2.45) is 0 Å².